The Bertz CT molecular complexity index is 652. The number of halogens is 1. The number of amides is 1. The average molecular weight is 338 g/mol. The highest BCUT2D eigenvalue weighted by molar-refractivity contribution is 6.30. The molecule has 23 heavy (non-hydrogen) atoms. The van der Waals surface area contributed by atoms with E-state index in [1.165, 1.54) is 0 Å². The van der Waals surface area contributed by atoms with Crippen molar-refractivity contribution in [1.82, 2.24) is 4.90 Å². The molecular formula is C16H16ClNO5. The third-order valence-corrected chi connectivity index (χ3v) is 3.87. The van der Waals surface area contributed by atoms with Gasteiger partial charge in [0.15, 0.2) is 6.61 Å². The predicted octanol–water partition coefficient (Wildman–Crippen LogP) is 1.52. The van der Waals surface area contributed by atoms with Crippen molar-refractivity contribution in [3.8, 4) is 5.75 Å². The molecule has 3 rings (SSSR count). The smallest absolute Gasteiger partial charge is 0.338 e. The second-order valence-electron chi connectivity index (χ2n) is 5.21. The van der Waals surface area contributed by atoms with Crippen LogP contribution >= 0.6 is 11.6 Å². The van der Waals surface area contributed by atoms with Crippen LogP contribution in [0.5, 0.6) is 5.75 Å². The maximum Gasteiger partial charge on any atom is 0.338 e. The Morgan fingerprint density at radius 3 is 2.83 bits per heavy atom. The third kappa shape index (κ3) is 3.83. The maximum atomic E-state index is 12.1. The van der Waals surface area contributed by atoms with E-state index >= 15 is 0 Å². The van der Waals surface area contributed by atoms with Gasteiger partial charge in [0.05, 0.1) is 18.8 Å². The van der Waals surface area contributed by atoms with Crippen LogP contribution in [0.15, 0.2) is 23.8 Å². The van der Waals surface area contributed by atoms with Crippen LogP contribution in [0.3, 0.4) is 0 Å². The van der Waals surface area contributed by atoms with Gasteiger partial charge in [0, 0.05) is 23.7 Å². The predicted molar refractivity (Wildman–Crippen MR) is 83.3 cm³/mol. The fraction of sp³-hybridized carbons (Fsp3) is 0.375. The molecule has 2 heterocycles. The number of benzene rings is 1. The first-order chi connectivity index (χ1) is 11.1. The largest absolute Gasteiger partial charge is 0.488 e. The first-order valence-corrected chi connectivity index (χ1v) is 7.67. The topological polar surface area (TPSA) is 65.1 Å². The Labute approximate surface area is 138 Å². The van der Waals surface area contributed by atoms with Crippen LogP contribution in [0.2, 0.25) is 5.02 Å². The van der Waals surface area contributed by atoms with Crippen LogP contribution in [0.1, 0.15) is 5.56 Å². The number of carbonyl (C=O) groups excluding carboxylic acids is 2. The highest BCUT2D eigenvalue weighted by Gasteiger charge is 2.22. The summed E-state index contributed by atoms with van der Waals surface area (Å²) in [6.45, 7) is 1.90. The maximum absolute atomic E-state index is 12.1. The first-order valence-electron chi connectivity index (χ1n) is 7.29. The fourth-order valence-electron chi connectivity index (χ4n) is 2.39. The first kappa shape index (κ1) is 15.8. The third-order valence-electron chi connectivity index (χ3n) is 3.64. The van der Waals surface area contributed by atoms with Gasteiger partial charge in [0.1, 0.15) is 12.4 Å². The molecule has 1 fully saturated rings. The number of esters is 1. The number of ether oxygens (including phenoxy) is 3. The van der Waals surface area contributed by atoms with Gasteiger partial charge in [-0.05, 0) is 24.3 Å². The molecule has 0 bridgehead atoms. The zero-order valence-electron chi connectivity index (χ0n) is 12.4. The van der Waals surface area contributed by atoms with E-state index in [2.05, 4.69) is 0 Å². The Morgan fingerprint density at radius 1 is 1.26 bits per heavy atom. The van der Waals surface area contributed by atoms with Crippen molar-refractivity contribution in [2.75, 3.05) is 39.5 Å². The van der Waals surface area contributed by atoms with Gasteiger partial charge in [-0.1, -0.05) is 11.6 Å². The molecule has 0 aliphatic carbocycles. The van der Waals surface area contributed by atoms with Crippen molar-refractivity contribution >= 4 is 29.6 Å². The van der Waals surface area contributed by atoms with E-state index in [4.69, 9.17) is 25.8 Å². The van der Waals surface area contributed by atoms with E-state index in [9.17, 15) is 9.59 Å². The normalized spacial score (nSPS) is 16.9. The second-order valence-corrected chi connectivity index (χ2v) is 5.65. The summed E-state index contributed by atoms with van der Waals surface area (Å²) in [6.07, 6.45) is 1.67. The van der Waals surface area contributed by atoms with Crippen LogP contribution in [0, 0.1) is 0 Å². The Kier molecular flexibility index (Phi) is 4.83. The Balaban J connectivity index is 1.59. The summed E-state index contributed by atoms with van der Waals surface area (Å²) in [5, 5.41) is 0.556. The lowest BCUT2D eigenvalue weighted by atomic mass is 10.1. The van der Waals surface area contributed by atoms with E-state index in [0.29, 0.717) is 42.6 Å². The lowest BCUT2D eigenvalue weighted by Crippen LogP contribution is -2.42. The van der Waals surface area contributed by atoms with Gasteiger partial charge < -0.3 is 19.1 Å². The highest BCUT2D eigenvalue weighted by Crippen LogP contribution is 2.29. The average Bonchev–Trinajstić information content (AvgIpc) is 2.59. The van der Waals surface area contributed by atoms with Crippen LogP contribution in [-0.4, -0.2) is 56.3 Å². The van der Waals surface area contributed by atoms with E-state index in [1.54, 1.807) is 29.2 Å². The van der Waals surface area contributed by atoms with Crippen LogP contribution in [-0.2, 0) is 19.1 Å². The summed E-state index contributed by atoms with van der Waals surface area (Å²) in [5.74, 6) is -0.116. The molecule has 1 aromatic carbocycles. The molecule has 6 nitrogen and oxygen atoms in total. The zero-order valence-corrected chi connectivity index (χ0v) is 13.2. The van der Waals surface area contributed by atoms with Gasteiger partial charge >= 0.3 is 5.97 Å². The number of nitrogens with zero attached hydrogens (tertiary/aromatic N) is 1. The van der Waals surface area contributed by atoms with Gasteiger partial charge in [-0.3, -0.25) is 4.79 Å². The summed E-state index contributed by atoms with van der Waals surface area (Å²) < 4.78 is 15.8. The quantitative estimate of drug-likeness (QED) is 0.782. The lowest BCUT2D eigenvalue weighted by molar-refractivity contribution is -0.151. The van der Waals surface area contributed by atoms with Gasteiger partial charge in [0.25, 0.3) is 5.91 Å². The SMILES string of the molecule is O=C(OCC(=O)N1CCOCC1)C1=Cc2cc(Cl)ccc2OC1. The molecule has 1 saturated heterocycles. The summed E-state index contributed by atoms with van der Waals surface area (Å²) >= 11 is 5.93. The number of fused-ring (bicyclic) bond motifs is 1. The monoisotopic (exact) mass is 337 g/mol. The Morgan fingerprint density at radius 2 is 2.04 bits per heavy atom. The summed E-state index contributed by atoms with van der Waals surface area (Å²) in [7, 11) is 0. The van der Waals surface area contributed by atoms with Crippen molar-refractivity contribution in [2.45, 2.75) is 0 Å². The van der Waals surface area contributed by atoms with E-state index in [-0.39, 0.29) is 19.1 Å². The molecule has 0 atom stereocenters. The van der Waals surface area contributed by atoms with Gasteiger partial charge in [-0.2, -0.15) is 0 Å². The molecule has 2 aliphatic rings. The Hall–Kier alpha value is -2.05. The molecule has 0 aromatic heterocycles. The lowest BCUT2D eigenvalue weighted by Gasteiger charge is -2.26. The fourth-order valence-corrected chi connectivity index (χ4v) is 2.57. The molecule has 2 aliphatic heterocycles. The molecule has 0 N–H and O–H groups in total. The minimum Gasteiger partial charge on any atom is -0.488 e. The van der Waals surface area contributed by atoms with Crippen LogP contribution in [0.25, 0.3) is 6.08 Å². The molecule has 0 spiro atoms. The van der Waals surface area contributed by atoms with E-state index in [1.807, 2.05) is 0 Å². The minimum atomic E-state index is -0.558. The molecule has 1 amide bonds. The molecule has 0 unspecified atom stereocenters. The van der Waals surface area contributed by atoms with Crippen molar-refractivity contribution in [1.29, 1.82) is 0 Å². The van der Waals surface area contributed by atoms with Crippen molar-refractivity contribution in [3.63, 3.8) is 0 Å². The summed E-state index contributed by atoms with van der Waals surface area (Å²) in [6, 6.07) is 5.18. The molecule has 122 valence electrons. The summed E-state index contributed by atoms with van der Waals surface area (Å²) in [4.78, 5) is 25.7. The van der Waals surface area contributed by atoms with E-state index in [0.717, 1.165) is 5.56 Å². The second kappa shape index (κ2) is 7.02. The van der Waals surface area contributed by atoms with Crippen molar-refractivity contribution < 1.29 is 23.8 Å². The number of morpholine rings is 1. The number of carbonyl (C=O) groups is 2. The van der Waals surface area contributed by atoms with Crippen LogP contribution in [0.4, 0.5) is 0 Å². The molecule has 0 saturated carbocycles. The molecular weight excluding hydrogens is 322 g/mol. The van der Waals surface area contributed by atoms with Crippen molar-refractivity contribution in [3.05, 3.63) is 34.4 Å². The molecule has 0 radical (unpaired) electrons. The molecule has 1 aromatic rings. The zero-order chi connectivity index (χ0) is 16.2. The van der Waals surface area contributed by atoms with Crippen LogP contribution < -0.4 is 4.74 Å². The number of rotatable bonds is 3. The van der Waals surface area contributed by atoms with Crippen molar-refractivity contribution in [2.24, 2.45) is 0 Å². The standard InChI is InChI=1S/C16H16ClNO5/c17-13-1-2-14-11(8-13)7-12(9-22-14)16(20)23-10-15(19)18-3-5-21-6-4-18/h1-2,7-8H,3-6,9-10H2. The number of hydrogen-bond donors (Lipinski definition) is 0. The van der Waals surface area contributed by atoms with Gasteiger partial charge in [-0.15, -0.1) is 0 Å². The number of hydrogen-bond acceptors (Lipinski definition) is 5. The summed E-state index contributed by atoms with van der Waals surface area (Å²) in [5.41, 5.74) is 1.07. The van der Waals surface area contributed by atoms with Gasteiger partial charge in [0.2, 0.25) is 0 Å². The molecule has 7 heteroatoms. The van der Waals surface area contributed by atoms with Gasteiger partial charge in [-0.25, -0.2) is 4.79 Å². The van der Waals surface area contributed by atoms with E-state index < -0.39 is 5.97 Å². The highest BCUT2D eigenvalue weighted by atomic mass is 35.5. The minimum absolute atomic E-state index is 0.110.